The van der Waals surface area contributed by atoms with Crippen molar-refractivity contribution in [2.24, 2.45) is 0 Å². The Hall–Kier alpha value is -0.470. The first-order valence-corrected chi connectivity index (χ1v) is 4.13. The van der Waals surface area contributed by atoms with Gasteiger partial charge in [0.25, 0.3) is 0 Å². The van der Waals surface area contributed by atoms with Gasteiger partial charge in [0.15, 0.2) is 0 Å². The summed E-state index contributed by atoms with van der Waals surface area (Å²) < 4.78 is 5.07. The highest BCUT2D eigenvalue weighted by molar-refractivity contribution is 6.18. The van der Waals surface area contributed by atoms with Gasteiger partial charge in [-0.1, -0.05) is 0 Å². The molecular weight excluding hydrogens is 164 g/mol. The van der Waals surface area contributed by atoms with Gasteiger partial charge in [-0.3, -0.25) is 0 Å². The molecule has 0 saturated heterocycles. The number of rotatable bonds is 4. The third kappa shape index (κ3) is 2.95. The standard InChI is InChI=1S/C8H11ClO2/c9-6-7(10)3-4-8-2-1-5-11-8/h1-2,5,7,10H,3-4,6H2. The Kier molecular flexibility index (Phi) is 3.46. The van der Waals surface area contributed by atoms with Gasteiger partial charge in [0.2, 0.25) is 0 Å². The Balaban J connectivity index is 2.23. The van der Waals surface area contributed by atoms with Crippen molar-refractivity contribution in [2.75, 3.05) is 5.88 Å². The highest BCUT2D eigenvalue weighted by atomic mass is 35.5. The minimum absolute atomic E-state index is 0.292. The molecule has 0 fully saturated rings. The number of halogens is 1. The molecule has 1 heterocycles. The lowest BCUT2D eigenvalue weighted by molar-refractivity contribution is 0.185. The van der Waals surface area contributed by atoms with Gasteiger partial charge in [0.05, 0.1) is 12.4 Å². The number of aliphatic hydroxyl groups excluding tert-OH is 1. The van der Waals surface area contributed by atoms with Crippen molar-refractivity contribution < 1.29 is 9.52 Å². The van der Waals surface area contributed by atoms with E-state index in [0.29, 0.717) is 12.3 Å². The van der Waals surface area contributed by atoms with Crippen LogP contribution in [0.2, 0.25) is 0 Å². The summed E-state index contributed by atoms with van der Waals surface area (Å²) >= 11 is 5.41. The molecule has 2 nitrogen and oxygen atoms in total. The monoisotopic (exact) mass is 174 g/mol. The minimum atomic E-state index is -0.415. The second-order valence-corrected chi connectivity index (χ2v) is 2.73. The van der Waals surface area contributed by atoms with E-state index in [2.05, 4.69) is 0 Å². The molecule has 0 aliphatic carbocycles. The van der Waals surface area contributed by atoms with Gasteiger partial charge in [-0.2, -0.15) is 0 Å². The molecule has 0 spiro atoms. The van der Waals surface area contributed by atoms with Crippen LogP contribution >= 0.6 is 11.6 Å². The normalized spacial score (nSPS) is 13.3. The fraction of sp³-hybridized carbons (Fsp3) is 0.500. The number of hydrogen-bond acceptors (Lipinski definition) is 2. The van der Waals surface area contributed by atoms with E-state index in [9.17, 15) is 0 Å². The smallest absolute Gasteiger partial charge is 0.103 e. The first-order chi connectivity index (χ1) is 5.33. The van der Waals surface area contributed by atoms with Gasteiger partial charge in [-0.15, -0.1) is 11.6 Å². The first kappa shape index (κ1) is 8.62. The molecule has 3 heteroatoms. The van der Waals surface area contributed by atoms with E-state index in [-0.39, 0.29) is 0 Å². The summed E-state index contributed by atoms with van der Waals surface area (Å²) in [4.78, 5) is 0. The van der Waals surface area contributed by atoms with E-state index in [1.807, 2.05) is 12.1 Å². The molecule has 1 N–H and O–H groups in total. The minimum Gasteiger partial charge on any atom is -0.469 e. The third-order valence-corrected chi connectivity index (χ3v) is 1.84. The van der Waals surface area contributed by atoms with Gasteiger partial charge in [-0.05, 0) is 18.6 Å². The van der Waals surface area contributed by atoms with Crippen molar-refractivity contribution in [3.05, 3.63) is 24.2 Å². The Morgan fingerprint density at radius 1 is 1.64 bits per heavy atom. The van der Waals surface area contributed by atoms with Gasteiger partial charge in [0, 0.05) is 12.3 Å². The second-order valence-electron chi connectivity index (χ2n) is 2.43. The Labute approximate surface area is 70.8 Å². The van der Waals surface area contributed by atoms with Gasteiger partial charge in [-0.25, -0.2) is 0 Å². The SMILES string of the molecule is OC(CCl)CCc1ccco1. The van der Waals surface area contributed by atoms with Crippen LogP contribution in [-0.2, 0) is 6.42 Å². The average Bonchev–Trinajstić information content (AvgIpc) is 2.52. The van der Waals surface area contributed by atoms with Crippen molar-refractivity contribution in [2.45, 2.75) is 18.9 Å². The summed E-state index contributed by atoms with van der Waals surface area (Å²) in [7, 11) is 0. The van der Waals surface area contributed by atoms with Gasteiger partial charge < -0.3 is 9.52 Å². The van der Waals surface area contributed by atoms with Crippen LogP contribution in [0, 0.1) is 0 Å². The van der Waals surface area contributed by atoms with Gasteiger partial charge in [0.1, 0.15) is 5.76 Å². The first-order valence-electron chi connectivity index (χ1n) is 3.59. The van der Waals surface area contributed by atoms with E-state index >= 15 is 0 Å². The van der Waals surface area contributed by atoms with E-state index in [1.54, 1.807) is 6.26 Å². The summed E-state index contributed by atoms with van der Waals surface area (Å²) in [5.74, 6) is 1.19. The molecule has 0 aliphatic rings. The molecule has 1 unspecified atom stereocenters. The lowest BCUT2D eigenvalue weighted by atomic mass is 10.2. The summed E-state index contributed by atoms with van der Waals surface area (Å²) in [5, 5.41) is 9.08. The van der Waals surface area contributed by atoms with Crippen molar-refractivity contribution >= 4 is 11.6 Å². The highest BCUT2D eigenvalue weighted by Gasteiger charge is 2.03. The number of aliphatic hydroxyl groups is 1. The predicted octanol–water partition coefficient (Wildman–Crippen LogP) is 1.81. The molecule has 1 aromatic heterocycles. The molecular formula is C8H11ClO2. The molecule has 0 amide bonds. The molecule has 0 bridgehead atoms. The third-order valence-electron chi connectivity index (χ3n) is 1.48. The van der Waals surface area contributed by atoms with Gasteiger partial charge >= 0.3 is 0 Å². The summed E-state index contributed by atoms with van der Waals surface area (Å²) in [6.07, 6.45) is 2.63. The van der Waals surface area contributed by atoms with Crippen LogP contribution in [0.25, 0.3) is 0 Å². The molecule has 1 rings (SSSR count). The second kappa shape index (κ2) is 4.42. The van der Waals surface area contributed by atoms with Crippen molar-refractivity contribution in [1.29, 1.82) is 0 Å². The van der Waals surface area contributed by atoms with Crippen LogP contribution in [0.4, 0.5) is 0 Å². The Bertz CT molecular complexity index is 184. The summed E-state index contributed by atoms with van der Waals surface area (Å²) in [6.45, 7) is 0. The molecule has 1 atom stereocenters. The zero-order valence-corrected chi connectivity index (χ0v) is 6.92. The fourth-order valence-electron chi connectivity index (χ4n) is 0.841. The van der Waals surface area contributed by atoms with Crippen molar-refractivity contribution in [3.8, 4) is 0 Å². The molecule has 11 heavy (non-hydrogen) atoms. The van der Waals surface area contributed by atoms with Crippen LogP contribution in [0.5, 0.6) is 0 Å². The van der Waals surface area contributed by atoms with Crippen LogP contribution in [-0.4, -0.2) is 17.1 Å². The molecule has 62 valence electrons. The zero-order valence-electron chi connectivity index (χ0n) is 6.16. The largest absolute Gasteiger partial charge is 0.469 e. The topological polar surface area (TPSA) is 33.4 Å². The summed E-state index contributed by atoms with van der Waals surface area (Å²) in [6, 6.07) is 3.73. The lowest BCUT2D eigenvalue weighted by Gasteiger charge is -2.02. The maximum absolute atomic E-state index is 9.08. The van der Waals surface area contributed by atoms with E-state index < -0.39 is 6.10 Å². The fourth-order valence-corrected chi connectivity index (χ4v) is 0.995. The van der Waals surface area contributed by atoms with E-state index in [1.165, 1.54) is 0 Å². The maximum atomic E-state index is 9.08. The molecule has 1 aromatic rings. The number of furan rings is 1. The predicted molar refractivity (Wildman–Crippen MR) is 43.8 cm³/mol. The number of alkyl halides is 1. The molecule has 0 aromatic carbocycles. The van der Waals surface area contributed by atoms with E-state index in [4.69, 9.17) is 21.1 Å². The summed E-state index contributed by atoms with van der Waals surface area (Å²) in [5.41, 5.74) is 0. The Morgan fingerprint density at radius 3 is 3.00 bits per heavy atom. The zero-order chi connectivity index (χ0) is 8.10. The quantitative estimate of drug-likeness (QED) is 0.707. The average molecular weight is 175 g/mol. The molecule has 0 radical (unpaired) electrons. The lowest BCUT2D eigenvalue weighted by Crippen LogP contribution is -2.08. The van der Waals surface area contributed by atoms with Crippen LogP contribution in [0.3, 0.4) is 0 Å². The Morgan fingerprint density at radius 2 is 2.45 bits per heavy atom. The molecule has 0 saturated carbocycles. The van der Waals surface area contributed by atoms with E-state index in [0.717, 1.165) is 12.2 Å². The van der Waals surface area contributed by atoms with Crippen LogP contribution < -0.4 is 0 Å². The van der Waals surface area contributed by atoms with Crippen LogP contribution in [0.1, 0.15) is 12.2 Å². The number of aryl methyl sites for hydroxylation is 1. The van der Waals surface area contributed by atoms with Crippen molar-refractivity contribution in [1.82, 2.24) is 0 Å². The maximum Gasteiger partial charge on any atom is 0.103 e. The number of hydrogen-bond donors (Lipinski definition) is 1. The van der Waals surface area contributed by atoms with Crippen LogP contribution in [0.15, 0.2) is 22.8 Å². The molecule has 0 aliphatic heterocycles. The highest BCUT2D eigenvalue weighted by Crippen LogP contribution is 2.06. The van der Waals surface area contributed by atoms with Crippen molar-refractivity contribution in [3.63, 3.8) is 0 Å².